The van der Waals surface area contributed by atoms with Gasteiger partial charge in [0.2, 0.25) is 0 Å². The van der Waals surface area contributed by atoms with Crippen molar-refractivity contribution in [3.63, 3.8) is 0 Å². The van der Waals surface area contributed by atoms with Gasteiger partial charge in [-0.15, -0.1) is 0 Å². The standard InChI is InChI=1S/C26H26N2O4/c1-16-6-8-17(9-7-16)25-21-4-2-3-5-23(21)27-26(18-10-11-18)22(25)13-12-20(29)14-19(28-32)15-24(30)31/h2-9,12-13,18-20,29H,10-11,14-15H2,1H3,(H,30,31). The lowest BCUT2D eigenvalue weighted by atomic mass is 9.91. The van der Waals surface area contributed by atoms with Crippen molar-refractivity contribution in [3.8, 4) is 11.1 Å². The number of hydrogen-bond acceptors (Lipinski definition) is 5. The Kier molecular flexibility index (Phi) is 6.42. The second-order valence-electron chi connectivity index (χ2n) is 8.46. The number of hydrogen-bond donors (Lipinski definition) is 2. The van der Waals surface area contributed by atoms with Gasteiger partial charge in [-0.1, -0.05) is 65.4 Å². The molecule has 164 valence electrons. The number of carboxylic acid groups (broad SMARTS) is 1. The highest BCUT2D eigenvalue weighted by Gasteiger charge is 2.29. The number of aliphatic carboxylic acids is 1. The van der Waals surface area contributed by atoms with Crippen LogP contribution in [0.1, 0.15) is 48.4 Å². The molecule has 1 heterocycles. The molecule has 1 aliphatic rings. The van der Waals surface area contributed by atoms with E-state index in [4.69, 9.17) is 10.1 Å². The van der Waals surface area contributed by atoms with Crippen molar-refractivity contribution in [3.05, 3.63) is 76.3 Å². The average molecular weight is 431 g/mol. The Morgan fingerprint density at radius 1 is 1.19 bits per heavy atom. The first-order valence-corrected chi connectivity index (χ1v) is 10.9. The van der Waals surface area contributed by atoms with Crippen molar-refractivity contribution < 1.29 is 15.0 Å². The zero-order valence-electron chi connectivity index (χ0n) is 17.9. The van der Waals surface area contributed by atoms with Gasteiger partial charge in [0.1, 0.15) is 6.04 Å². The van der Waals surface area contributed by atoms with Gasteiger partial charge in [-0.05, 0) is 31.4 Å². The van der Waals surface area contributed by atoms with Crippen molar-refractivity contribution in [2.45, 2.75) is 50.7 Å². The third-order valence-electron chi connectivity index (χ3n) is 5.82. The maximum absolute atomic E-state index is 11.0. The molecule has 6 heteroatoms. The molecular weight excluding hydrogens is 404 g/mol. The number of carboxylic acids is 1. The smallest absolute Gasteiger partial charge is 0.305 e. The number of aliphatic hydroxyl groups excluding tert-OH is 1. The lowest BCUT2D eigenvalue weighted by molar-refractivity contribution is -0.137. The van der Waals surface area contributed by atoms with E-state index >= 15 is 0 Å². The van der Waals surface area contributed by atoms with E-state index in [0.717, 1.165) is 46.1 Å². The summed E-state index contributed by atoms with van der Waals surface area (Å²) in [5.74, 6) is -0.723. The number of para-hydroxylation sites is 1. The zero-order chi connectivity index (χ0) is 22.7. The van der Waals surface area contributed by atoms with Crippen molar-refractivity contribution in [2.24, 2.45) is 5.18 Å². The van der Waals surface area contributed by atoms with Gasteiger partial charge in [-0.25, -0.2) is 0 Å². The van der Waals surface area contributed by atoms with E-state index in [-0.39, 0.29) is 6.42 Å². The number of aromatic nitrogens is 1. The number of pyridine rings is 1. The fourth-order valence-electron chi connectivity index (χ4n) is 4.04. The highest BCUT2D eigenvalue weighted by Crippen LogP contribution is 2.45. The monoisotopic (exact) mass is 430 g/mol. The molecule has 0 bridgehead atoms. The van der Waals surface area contributed by atoms with Crippen LogP contribution in [0.25, 0.3) is 28.1 Å². The van der Waals surface area contributed by atoms with Crippen LogP contribution in [0, 0.1) is 11.8 Å². The Morgan fingerprint density at radius 2 is 1.91 bits per heavy atom. The van der Waals surface area contributed by atoms with Crippen LogP contribution in [-0.2, 0) is 4.79 Å². The number of rotatable bonds is 9. The van der Waals surface area contributed by atoms with E-state index in [1.165, 1.54) is 5.56 Å². The largest absolute Gasteiger partial charge is 0.481 e. The van der Waals surface area contributed by atoms with Crippen LogP contribution < -0.4 is 0 Å². The normalized spacial score (nSPS) is 15.7. The van der Waals surface area contributed by atoms with Gasteiger partial charge in [-0.2, -0.15) is 4.91 Å². The van der Waals surface area contributed by atoms with E-state index in [2.05, 4.69) is 42.4 Å². The van der Waals surface area contributed by atoms with Crippen LogP contribution >= 0.6 is 0 Å². The quantitative estimate of drug-likeness (QED) is 0.439. The molecule has 2 atom stereocenters. The van der Waals surface area contributed by atoms with Crippen molar-refractivity contribution in [1.29, 1.82) is 0 Å². The lowest BCUT2D eigenvalue weighted by Crippen LogP contribution is -2.17. The summed E-state index contributed by atoms with van der Waals surface area (Å²) in [4.78, 5) is 26.8. The molecule has 1 saturated carbocycles. The van der Waals surface area contributed by atoms with Gasteiger partial charge in [0.05, 0.1) is 23.7 Å². The minimum absolute atomic E-state index is 0.0358. The third-order valence-corrected chi connectivity index (χ3v) is 5.82. The van der Waals surface area contributed by atoms with Gasteiger partial charge in [0.25, 0.3) is 0 Å². The van der Waals surface area contributed by atoms with Crippen LogP contribution in [0.15, 0.2) is 59.8 Å². The number of nitrogens with zero attached hydrogens (tertiary/aromatic N) is 2. The lowest BCUT2D eigenvalue weighted by Gasteiger charge is -2.16. The minimum Gasteiger partial charge on any atom is -0.481 e. The fraction of sp³-hybridized carbons (Fsp3) is 0.308. The highest BCUT2D eigenvalue weighted by molar-refractivity contribution is 5.99. The minimum atomic E-state index is -1.11. The summed E-state index contributed by atoms with van der Waals surface area (Å²) in [6.07, 6.45) is 4.24. The maximum Gasteiger partial charge on any atom is 0.305 e. The van der Waals surface area contributed by atoms with Gasteiger partial charge in [0, 0.05) is 28.9 Å². The molecule has 0 spiro atoms. The predicted molar refractivity (Wildman–Crippen MR) is 125 cm³/mol. The van der Waals surface area contributed by atoms with Gasteiger partial charge >= 0.3 is 5.97 Å². The molecular formula is C26H26N2O4. The molecule has 6 nitrogen and oxygen atoms in total. The molecule has 32 heavy (non-hydrogen) atoms. The average Bonchev–Trinajstić information content (AvgIpc) is 3.62. The van der Waals surface area contributed by atoms with Crippen molar-refractivity contribution >= 4 is 22.9 Å². The Labute approximate surface area is 186 Å². The first kappa shape index (κ1) is 21.8. The van der Waals surface area contributed by atoms with E-state index in [9.17, 15) is 14.8 Å². The summed E-state index contributed by atoms with van der Waals surface area (Å²) < 4.78 is 0. The Hall–Kier alpha value is -3.38. The van der Waals surface area contributed by atoms with Crippen molar-refractivity contribution in [2.75, 3.05) is 0 Å². The van der Waals surface area contributed by atoms with Crippen LogP contribution in [0.3, 0.4) is 0 Å². The van der Waals surface area contributed by atoms with Crippen molar-refractivity contribution in [1.82, 2.24) is 4.98 Å². The van der Waals surface area contributed by atoms with Gasteiger partial charge < -0.3 is 10.2 Å². The first-order chi connectivity index (χ1) is 15.5. The van der Waals surface area contributed by atoms with Crippen LogP contribution in [0.5, 0.6) is 0 Å². The summed E-state index contributed by atoms with van der Waals surface area (Å²) in [6.45, 7) is 2.05. The second kappa shape index (κ2) is 9.40. The Balaban J connectivity index is 1.78. The van der Waals surface area contributed by atoms with Crippen LogP contribution in [-0.4, -0.2) is 33.3 Å². The molecule has 2 aromatic carbocycles. The molecule has 3 aromatic rings. The van der Waals surface area contributed by atoms with Gasteiger partial charge in [-0.3, -0.25) is 9.78 Å². The first-order valence-electron chi connectivity index (χ1n) is 10.9. The summed E-state index contributed by atoms with van der Waals surface area (Å²) in [5.41, 5.74) is 6.23. The molecule has 1 fully saturated rings. The van der Waals surface area contributed by atoms with E-state index in [1.807, 2.05) is 24.3 Å². The molecule has 2 N–H and O–H groups in total. The Bertz CT molecular complexity index is 1170. The molecule has 0 radical (unpaired) electrons. The SMILES string of the molecule is Cc1ccc(-c2c(C=CC(O)CC(CC(=O)O)N=O)c(C3CC3)nc3ccccc23)cc1. The number of nitroso groups, excluding NO2 is 1. The molecule has 1 aliphatic carbocycles. The van der Waals surface area contributed by atoms with Crippen LogP contribution in [0.4, 0.5) is 0 Å². The highest BCUT2D eigenvalue weighted by atomic mass is 16.4. The topological polar surface area (TPSA) is 99.9 Å². The molecule has 0 aliphatic heterocycles. The maximum atomic E-state index is 11.0. The van der Waals surface area contributed by atoms with E-state index < -0.39 is 24.5 Å². The molecule has 0 saturated heterocycles. The summed E-state index contributed by atoms with van der Waals surface area (Å²) in [7, 11) is 0. The molecule has 2 unspecified atom stereocenters. The van der Waals surface area contributed by atoms with Crippen LogP contribution in [0.2, 0.25) is 0 Å². The molecule has 0 amide bonds. The second-order valence-corrected chi connectivity index (χ2v) is 8.46. The predicted octanol–water partition coefficient (Wildman–Crippen LogP) is 5.46. The van der Waals surface area contributed by atoms with E-state index in [0.29, 0.717) is 5.92 Å². The summed E-state index contributed by atoms with van der Waals surface area (Å²) in [5, 5.41) is 23.3. The fourth-order valence-corrected chi connectivity index (χ4v) is 4.04. The number of carbonyl (C=O) groups is 1. The number of fused-ring (bicyclic) bond motifs is 1. The summed E-state index contributed by atoms with van der Waals surface area (Å²) >= 11 is 0. The number of aryl methyl sites for hydroxylation is 1. The number of benzene rings is 2. The molecule has 1 aromatic heterocycles. The zero-order valence-corrected chi connectivity index (χ0v) is 17.9. The van der Waals surface area contributed by atoms with Gasteiger partial charge in [0.15, 0.2) is 0 Å². The Morgan fingerprint density at radius 3 is 2.56 bits per heavy atom. The summed E-state index contributed by atoms with van der Waals surface area (Å²) in [6, 6.07) is 15.4. The van der Waals surface area contributed by atoms with E-state index in [1.54, 1.807) is 6.08 Å². The third kappa shape index (κ3) is 4.92. The molecule has 4 rings (SSSR count). The number of aliphatic hydroxyl groups is 1.